The minimum absolute atomic E-state index is 0.0333. The van der Waals surface area contributed by atoms with Crippen LogP contribution in [0.3, 0.4) is 0 Å². The van der Waals surface area contributed by atoms with Gasteiger partial charge in [0.2, 0.25) is 5.91 Å². The molecule has 1 atom stereocenters. The summed E-state index contributed by atoms with van der Waals surface area (Å²) in [5.74, 6) is 0.504. The summed E-state index contributed by atoms with van der Waals surface area (Å²) < 4.78 is 20.3. The molecule has 23 heavy (non-hydrogen) atoms. The SMILES string of the molecule is O=C(Cn1ccnn1)N1CCC[C@@H](COc2cccc(F)c2)C1. The zero-order valence-corrected chi connectivity index (χ0v) is 12.8. The van der Waals surface area contributed by atoms with Gasteiger partial charge in [-0.1, -0.05) is 11.3 Å². The fourth-order valence-electron chi connectivity index (χ4n) is 2.75. The Hall–Kier alpha value is -2.44. The molecule has 1 saturated heterocycles. The normalized spacial score (nSPS) is 18.0. The minimum atomic E-state index is -0.309. The van der Waals surface area contributed by atoms with Crippen molar-refractivity contribution in [3.05, 3.63) is 42.5 Å². The molecule has 1 fully saturated rings. The molecular formula is C16H19FN4O2. The van der Waals surface area contributed by atoms with Gasteiger partial charge in [0.05, 0.1) is 12.8 Å². The van der Waals surface area contributed by atoms with Gasteiger partial charge in [-0.3, -0.25) is 4.79 Å². The van der Waals surface area contributed by atoms with Crippen LogP contribution in [-0.2, 0) is 11.3 Å². The zero-order chi connectivity index (χ0) is 16.1. The molecule has 7 heteroatoms. The van der Waals surface area contributed by atoms with Crippen molar-refractivity contribution in [2.24, 2.45) is 5.92 Å². The third kappa shape index (κ3) is 4.28. The van der Waals surface area contributed by atoms with Crippen LogP contribution < -0.4 is 4.74 Å². The van der Waals surface area contributed by atoms with Crippen molar-refractivity contribution in [3.8, 4) is 5.75 Å². The molecule has 0 spiro atoms. The van der Waals surface area contributed by atoms with Crippen LogP contribution in [0.25, 0.3) is 0 Å². The molecule has 0 saturated carbocycles. The number of ether oxygens (including phenoxy) is 1. The molecule has 122 valence electrons. The summed E-state index contributed by atoms with van der Waals surface area (Å²) in [6, 6.07) is 6.12. The molecular weight excluding hydrogens is 299 g/mol. The van der Waals surface area contributed by atoms with Gasteiger partial charge in [0.15, 0.2) is 0 Å². The number of hydrogen-bond donors (Lipinski definition) is 0. The molecule has 1 aliphatic rings. The number of likely N-dealkylation sites (tertiary alicyclic amines) is 1. The number of rotatable bonds is 5. The highest BCUT2D eigenvalue weighted by Gasteiger charge is 2.24. The second-order valence-electron chi connectivity index (χ2n) is 5.72. The van der Waals surface area contributed by atoms with Gasteiger partial charge in [-0.15, -0.1) is 5.10 Å². The van der Waals surface area contributed by atoms with Crippen molar-refractivity contribution in [1.82, 2.24) is 19.9 Å². The maximum absolute atomic E-state index is 13.1. The first kappa shape index (κ1) is 15.5. The average Bonchev–Trinajstić information content (AvgIpc) is 3.06. The molecule has 6 nitrogen and oxygen atoms in total. The van der Waals surface area contributed by atoms with E-state index >= 15 is 0 Å². The largest absolute Gasteiger partial charge is 0.493 e. The van der Waals surface area contributed by atoms with Crippen LogP contribution in [-0.4, -0.2) is 45.5 Å². The lowest BCUT2D eigenvalue weighted by atomic mass is 9.99. The number of carbonyl (C=O) groups is 1. The highest BCUT2D eigenvalue weighted by atomic mass is 19.1. The van der Waals surface area contributed by atoms with Gasteiger partial charge in [0.1, 0.15) is 18.1 Å². The average molecular weight is 318 g/mol. The molecule has 1 aliphatic heterocycles. The lowest BCUT2D eigenvalue weighted by Gasteiger charge is -2.32. The summed E-state index contributed by atoms with van der Waals surface area (Å²) in [6.07, 6.45) is 5.17. The maximum atomic E-state index is 13.1. The van der Waals surface area contributed by atoms with E-state index in [4.69, 9.17) is 4.74 Å². The van der Waals surface area contributed by atoms with E-state index in [1.54, 1.807) is 24.5 Å². The number of piperidine rings is 1. The molecule has 0 radical (unpaired) electrons. The number of carbonyl (C=O) groups excluding carboxylic acids is 1. The Morgan fingerprint density at radius 1 is 1.43 bits per heavy atom. The summed E-state index contributed by atoms with van der Waals surface area (Å²) in [5, 5.41) is 7.51. The highest BCUT2D eigenvalue weighted by Crippen LogP contribution is 2.19. The van der Waals surface area contributed by atoms with Crippen molar-refractivity contribution in [1.29, 1.82) is 0 Å². The van der Waals surface area contributed by atoms with E-state index in [0.29, 0.717) is 18.9 Å². The predicted octanol–water partition coefficient (Wildman–Crippen LogP) is 1.73. The summed E-state index contributed by atoms with van der Waals surface area (Å²) in [7, 11) is 0. The molecule has 0 unspecified atom stereocenters. The van der Waals surface area contributed by atoms with E-state index < -0.39 is 0 Å². The Morgan fingerprint density at radius 2 is 2.35 bits per heavy atom. The molecule has 2 aromatic rings. The number of aromatic nitrogens is 3. The van der Waals surface area contributed by atoms with Crippen molar-refractivity contribution >= 4 is 5.91 Å². The van der Waals surface area contributed by atoms with Crippen molar-refractivity contribution in [2.45, 2.75) is 19.4 Å². The number of benzene rings is 1. The summed E-state index contributed by atoms with van der Waals surface area (Å²) in [4.78, 5) is 14.1. The first-order chi connectivity index (χ1) is 11.2. The van der Waals surface area contributed by atoms with Crippen LogP contribution in [0.1, 0.15) is 12.8 Å². The van der Waals surface area contributed by atoms with E-state index in [0.717, 1.165) is 19.4 Å². The molecule has 2 heterocycles. The molecule has 0 bridgehead atoms. The second kappa shape index (κ2) is 7.21. The van der Waals surface area contributed by atoms with Gasteiger partial charge < -0.3 is 9.64 Å². The summed E-state index contributed by atoms with van der Waals surface area (Å²) in [6.45, 7) is 2.10. The van der Waals surface area contributed by atoms with Gasteiger partial charge in [-0.05, 0) is 25.0 Å². The molecule has 1 amide bonds. The lowest BCUT2D eigenvalue weighted by molar-refractivity contribution is -0.134. The van der Waals surface area contributed by atoms with E-state index in [1.165, 1.54) is 16.8 Å². The Bertz CT molecular complexity index is 647. The monoisotopic (exact) mass is 318 g/mol. The fraction of sp³-hybridized carbons (Fsp3) is 0.438. The van der Waals surface area contributed by atoms with Crippen molar-refractivity contribution in [3.63, 3.8) is 0 Å². The number of amides is 1. The predicted molar refractivity (Wildman–Crippen MR) is 81.2 cm³/mol. The Kier molecular flexibility index (Phi) is 4.85. The highest BCUT2D eigenvalue weighted by molar-refractivity contribution is 5.76. The van der Waals surface area contributed by atoms with Crippen LogP contribution in [0.2, 0.25) is 0 Å². The Morgan fingerprint density at radius 3 is 3.13 bits per heavy atom. The van der Waals surface area contributed by atoms with E-state index in [1.807, 2.05) is 4.90 Å². The molecule has 1 aromatic heterocycles. The van der Waals surface area contributed by atoms with Crippen molar-refractivity contribution < 1.29 is 13.9 Å². The first-order valence-corrected chi connectivity index (χ1v) is 7.71. The summed E-state index contributed by atoms with van der Waals surface area (Å²) in [5.41, 5.74) is 0. The van der Waals surface area contributed by atoms with E-state index in [-0.39, 0.29) is 24.2 Å². The first-order valence-electron chi connectivity index (χ1n) is 7.71. The number of nitrogens with zero attached hydrogens (tertiary/aromatic N) is 4. The van der Waals surface area contributed by atoms with Gasteiger partial charge in [-0.25, -0.2) is 9.07 Å². The van der Waals surface area contributed by atoms with E-state index in [2.05, 4.69) is 10.3 Å². The zero-order valence-electron chi connectivity index (χ0n) is 12.8. The Labute approximate surface area is 133 Å². The lowest BCUT2D eigenvalue weighted by Crippen LogP contribution is -2.43. The minimum Gasteiger partial charge on any atom is -0.493 e. The third-order valence-corrected chi connectivity index (χ3v) is 3.92. The maximum Gasteiger partial charge on any atom is 0.244 e. The number of halogens is 1. The standard InChI is InChI=1S/C16H19FN4O2/c17-14-4-1-5-15(9-14)23-12-13-3-2-7-20(10-13)16(22)11-21-8-6-18-19-21/h1,4-6,8-9,13H,2-3,7,10-12H2/t13-/m1/s1. The van der Waals surface area contributed by atoms with E-state index in [9.17, 15) is 9.18 Å². The summed E-state index contributed by atoms with van der Waals surface area (Å²) >= 11 is 0. The second-order valence-corrected chi connectivity index (χ2v) is 5.72. The van der Waals surface area contributed by atoms with Crippen LogP contribution in [0.15, 0.2) is 36.7 Å². The topological polar surface area (TPSA) is 60.2 Å². The molecule has 1 aromatic carbocycles. The molecule has 0 N–H and O–H groups in total. The van der Waals surface area contributed by atoms with Crippen LogP contribution >= 0.6 is 0 Å². The van der Waals surface area contributed by atoms with Gasteiger partial charge in [0, 0.05) is 31.3 Å². The van der Waals surface area contributed by atoms with Gasteiger partial charge in [-0.2, -0.15) is 0 Å². The van der Waals surface area contributed by atoms with Gasteiger partial charge >= 0.3 is 0 Å². The van der Waals surface area contributed by atoms with Gasteiger partial charge in [0.25, 0.3) is 0 Å². The third-order valence-electron chi connectivity index (χ3n) is 3.92. The number of hydrogen-bond acceptors (Lipinski definition) is 4. The molecule has 3 rings (SSSR count). The van der Waals surface area contributed by atoms with Crippen LogP contribution in [0.5, 0.6) is 5.75 Å². The smallest absolute Gasteiger partial charge is 0.244 e. The van der Waals surface area contributed by atoms with Crippen LogP contribution in [0.4, 0.5) is 4.39 Å². The van der Waals surface area contributed by atoms with Crippen LogP contribution in [0, 0.1) is 11.7 Å². The fourth-order valence-corrected chi connectivity index (χ4v) is 2.75. The quantitative estimate of drug-likeness (QED) is 0.842. The Balaban J connectivity index is 1.50. The molecule has 0 aliphatic carbocycles. The van der Waals surface area contributed by atoms with Crippen molar-refractivity contribution in [2.75, 3.05) is 19.7 Å².